The first-order valence-corrected chi connectivity index (χ1v) is 4.87. The predicted molar refractivity (Wildman–Crippen MR) is 45.4 cm³/mol. The Bertz CT molecular complexity index is 147. The van der Waals surface area contributed by atoms with E-state index in [1.807, 2.05) is 0 Å². The lowest BCUT2D eigenvalue weighted by molar-refractivity contribution is -0.335. The Balaban J connectivity index is 1.68. The van der Waals surface area contributed by atoms with Gasteiger partial charge in [0.15, 0.2) is 6.79 Å². The SMILES string of the molecule is CCC1CC[C@@H](NC2OCO2)C1. The molecule has 0 radical (unpaired) electrons. The van der Waals surface area contributed by atoms with Crippen LogP contribution >= 0.6 is 0 Å². The van der Waals surface area contributed by atoms with Crippen molar-refractivity contribution < 1.29 is 9.47 Å². The monoisotopic (exact) mass is 171 g/mol. The fourth-order valence-corrected chi connectivity index (χ4v) is 2.02. The normalized spacial score (nSPS) is 36.8. The lowest BCUT2D eigenvalue weighted by Crippen LogP contribution is -2.47. The fraction of sp³-hybridized carbons (Fsp3) is 1.00. The molecule has 1 saturated heterocycles. The maximum atomic E-state index is 5.13. The van der Waals surface area contributed by atoms with E-state index in [0.29, 0.717) is 12.8 Å². The third-order valence-corrected chi connectivity index (χ3v) is 2.93. The summed E-state index contributed by atoms with van der Waals surface area (Å²) in [6.45, 7) is 2.73. The summed E-state index contributed by atoms with van der Waals surface area (Å²) < 4.78 is 10.3. The molecule has 1 saturated carbocycles. The second-order valence-electron chi connectivity index (χ2n) is 3.73. The van der Waals surface area contributed by atoms with Gasteiger partial charge in [0, 0.05) is 6.04 Å². The summed E-state index contributed by atoms with van der Waals surface area (Å²) in [5.41, 5.74) is 0. The van der Waals surface area contributed by atoms with E-state index in [0.717, 1.165) is 5.92 Å². The number of hydrogen-bond acceptors (Lipinski definition) is 3. The van der Waals surface area contributed by atoms with E-state index in [1.165, 1.54) is 25.7 Å². The van der Waals surface area contributed by atoms with Crippen LogP contribution in [-0.2, 0) is 9.47 Å². The molecule has 70 valence electrons. The molecule has 0 aromatic heterocycles. The van der Waals surface area contributed by atoms with Crippen LogP contribution in [0.15, 0.2) is 0 Å². The van der Waals surface area contributed by atoms with Gasteiger partial charge in [-0.3, -0.25) is 5.32 Å². The number of rotatable bonds is 3. The molecule has 1 unspecified atom stereocenters. The average molecular weight is 171 g/mol. The third kappa shape index (κ3) is 1.79. The standard InChI is InChI=1S/C9H17NO2/c1-2-7-3-4-8(5-7)10-9-11-6-12-9/h7-10H,2-6H2,1H3/t7?,8-/m1/s1. The molecule has 0 aromatic carbocycles. The number of ether oxygens (including phenoxy) is 2. The van der Waals surface area contributed by atoms with Crippen molar-refractivity contribution in [1.82, 2.24) is 5.32 Å². The maximum Gasteiger partial charge on any atom is 0.220 e. The molecule has 1 heterocycles. The molecule has 0 spiro atoms. The lowest BCUT2D eigenvalue weighted by atomic mass is 10.1. The van der Waals surface area contributed by atoms with Crippen LogP contribution < -0.4 is 5.32 Å². The average Bonchev–Trinajstić information content (AvgIpc) is 2.44. The summed E-state index contributed by atoms with van der Waals surface area (Å²) in [6, 6.07) is 0.625. The van der Waals surface area contributed by atoms with Gasteiger partial charge in [0.25, 0.3) is 0 Å². The molecular formula is C9H17NO2. The fourth-order valence-electron chi connectivity index (χ4n) is 2.02. The van der Waals surface area contributed by atoms with Crippen molar-refractivity contribution in [2.75, 3.05) is 6.79 Å². The third-order valence-electron chi connectivity index (χ3n) is 2.93. The van der Waals surface area contributed by atoms with Crippen molar-refractivity contribution in [2.45, 2.75) is 45.1 Å². The van der Waals surface area contributed by atoms with Gasteiger partial charge in [-0.1, -0.05) is 13.3 Å². The Hall–Kier alpha value is -0.120. The molecule has 1 N–H and O–H groups in total. The summed E-state index contributed by atoms with van der Waals surface area (Å²) in [6.07, 6.45) is 5.14. The quantitative estimate of drug-likeness (QED) is 0.697. The number of hydrogen-bond donors (Lipinski definition) is 1. The molecule has 2 fully saturated rings. The largest absolute Gasteiger partial charge is 0.313 e. The zero-order valence-electron chi connectivity index (χ0n) is 7.58. The molecule has 0 aromatic rings. The van der Waals surface area contributed by atoms with Gasteiger partial charge in [-0.25, -0.2) is 0 Å². The molecule has 3 heteroatoms. The van der Waals surface area contributed by atoms with Crippen molar-refractivity contribution in [2.24, 2.45) is 5.92 Å². The van der Waals surface area contributed by atoms with Gasteiger partial charge in [-0.2, -0.15) is 0 Å². The first-order valence-electron chi connectivity index (χ1n) is 4.87. The molecule has 1 aliphatic heterocycles. The first-order chi connectivity index (χ1) is 5.88. The minimum atomic E-state index is -0.106. The van der Waals surface area contributed by atoms with E-state index < -0.39 is 0 Å². The summed E-state index contributed by atoms with van der Waals surface area (Å²) in [7, 11) is 0. The molecular weight excluding hydrogens is 154 g/mol. The molecule has 0 bridgehead atoms. The van der Waals surface area contributed by atoms with Crippen LogP contribution in [0.4, 0.5) is 0 Å². The molecule has 12 heavy (non-hydrogen) atoms. The van der Waals surface area contributed by atoms with Crippen LogP contribution in [0, 0.1) is 5.92 Å². The van der Waals surface area contributed by atoms with Crippen LogP contribution in [0.3, 0.4) is 0 Å². The first kappa shape index (κ1) is 8.48. The lowest BCUT2D eigenvalue weighted by Gasteiger charge is -2.30. The molecule has 2 aliphatic rings. The van der Waals surface area contributed by atoms with E-state index in [2.05, 4.69) is 12.2 Å². The van der Waals surface area contributed by atoms with Crippen molar-refractivity contribution >= 4 is 0 Å². The Morgan fingerprint density at radius 2 is 2.17 bits per heavy atom. The second-order valence-corrected chi connectivity index (χ2v) is 3.73. The zero-order chi connectivity index (χ0) is 8.39. The molecule has 0 amide bonds. The van der Waals surface area contributed by atoms with Crippen molar-refractivity contribution in [3.8, 4) is 0 Å². The minimum absolute atomic E-state index is 0.106. The van der Waals surface area contributed by atoms with Crippen LogP contribution in [0.5, 0.6) is 0 Å². The van der Waals surface area contributed by atoms with E-state index >= 15 is 0 Å². The van der Waals surface area contributed by atoms with Crippen LogP contribution in [0.1, 0.15) is 32.6 Å². The maximum absolute atomic E-state index is 5.13. The second kappa shape index (κ2) is 3.73. The van der Waals surface area contributed by atoms with Gasteiger partial charge < -0.3 is 9.47 Å². The highest BCUT2D eigenvalue weighted by Gasteiger charge is 2.28. The van der Waals surface area contributed by atoms with Crippen LogP contribution in [0.2, 0.25) is 0 Å². The van der Waals surface area contributed by atoms with Crippen molar-refractivity contribution in [1.29, 1.82) is 0 Å². The molecule has 2 rings (SSSR count). The van der Waals surface area contributed by atoms with Gasteiger partial charge in [0.2, 0.25) is 6.41 Å². The van der Waals surface area contributed by atoms with Gasteiger partial charge in [-0.05, 0) is 25.2 Å². The van der Waals surface area contributed by atoms with Crippen LogP contribution in [-0.4, -0.2) is 19.2 Å². The smallest absolute Gasteiger partial charge is 0.220 e. The van der Waals surface area contributed by atoms with E-state index in [9.17, 15) is 0 Å². The Labute approximate surface area is 73.4 Å². The summed E-state index contributed by atoms with van der Waals surface area (Å²) >= 11 is 0. The number of nitrogens with one attached hydrogen (secondary N) is 1. The minimum Gasteiger partial charge on any atom is -0.313 e. The van der Waals surface area contributed by atoms with Gasteiger partial charge in [-0.15, -0.1) is 0 Å². The van der Waals surface area contributed by atoms with Crippen molar-refractivity contribution in [3.63, 3.8) is 0 Å². The highest BCUT2D eigenvalue weighted by molar-refractivity contribution is 4.80. The zero-order valence-corrected chi connectivity index (χ0v) is 7.58. The van der Waals surface area contributed by atoms with Crippen LogP contribution in [0.25, 0.3) is 0 Å². The Morgan fingerprint density at radius 3 is 2.67 bits per heavy atom. The molecule has 1 aliphatic carbocycles. The van der Waals surface area contributed by atoms with Gasteiger partial charge in [0.05, 0.1) is 0 Å². The highest BCUT2D eigenvalue weighted by Crippen LogP contribution is 2.28. The predicted octanol–water partition coefficient (Wildman–Crippen LogP) is 1.44. The topological polar surface area (TPSA) is 30.5 Å². The highest BCUT2D eigenvalue weighted by atomic mass is 16.9. The van der Waals surface area contributed by atoms with E-state index in [1.54, 1.807) is 0 Å². The summed E-state index contributed by atoms with van der Waals surface area (Å²) in [4.78, 5) is 0. The van der Waals surface area contributed by atoms with Gasteiger partial charge in [0.1, 0.15) is 0 Å². The van der Waals surface area contributed by atoms with Gasteiger partial charge >= 0.3 is 0 Å². The Kier molecular flexibility index (Phi) is 2.63. The summed E-state index contributed by atoms with van der Waals surface area (Å²) in [5, 5.41) is 3.34. The summed E-state index contributed by atoms with van der Waals surface area (Å²) in [5.74, 6) is 0.919. The molecule has 3 nitrogen and oxygen atoms in total. The van der Waals surface area contributed by atoms with Crippen molar-refractivity contribution in [3.05, 3.63) is 0 Å². The Morgan fingerprint density at radius 1 is 1.33 bits per heavy atom. The molecule has 2 atom stereocenters. The van der Waals surface area contributed by atoms with E-state index in [4.69, 9.17) is 9.47 Å². The van der Waals surface area contributed by atoms with E-state index in [-0.39, 0.29) is 6.41 Å².